The van der Waals surface area contributed by atoms with Crippen molar-refractivity contribution in [2.75, 3.05) is 19.8 Å². The van der Waals surface area contributed by atoms with Crippen molar-refractivity contribution in [3.63, 3.8) is 0 Å². The first kappa shape index (κ1) is 11.1. The quantitative estimate of drug-likeness (QED) is 0.807. The Bertz CT molecular complexity index is 362. The molecule has 2 N–H and O–H groups in total. The van der Waals surface area contributed by atoms with E-state index in [1.807, 2.05) is 29.2 Å². The van der Waals surface area contributed by atoms with Crippen LogP contribution in [-0.2, 0) is 22.6 Å². The number of nitrogens with zero attached hydrogens (tertiary/aromatic N) is 1. The zero-order chi connectivity index (χ0) is 11.4. The van der Waals surface area contributed by atoms with Crippen LogP contribution in [0.2, 0.25) is 0 Å². The SMILES string of the molecule is NCc1ccc(CN2CCOCC2=O)cc1. The predicted octanol–water partition coefficient (Wildman–Crippen LogP) is 0.504. The van der Waals surface area contributed by atoms with Crippen molar-refractivity contribution in [1.29, 1.82) is 0 Å². The van der Waals surface area contributed by atoms with Gasteiger partial charge < -0.3 is 15.4 Å². The second kappa shape index (κ2) is 5.09. The lowest BCUT2D eigenvalue weighted by Gasteiger charge is -2.26. The smallest absolute Gasteiger partial charge is 0.248 e. The van der Waals surface area contributed by atoms with Gasteiger partial charge in [0.1, 0.15) is 6.61 Å². The van der Waals surface area contributed by atoms with Gasteiger partial charge in [0, 0.05) is 19.6 Å². The van der Waals surface area contributed by atoms with Gasteiger partial charge in [-0.2, -0.15) is 0 Å². The van der Waals surface area contributed by atoms with Gasteiger partial charge in [0.15, 0.2) is 0 Å². The molecule has 1 saturated heterocycles. The van der Waals surface area contributed by atoms with Gasteiger partial charge >= 0.3 is 0 Å². The molecular formula is C12H16N2O2. The molecule has 1 amide bonds. The molecule has 1 aromatic carbocycles. The average Bonchev–Trinajstić information content (AvgIpc) is 2.33. The fourth-order valence-corrected chi connectivity index (χ4v) is 1.72. The van der Waals surface area contributed by atoms with E-state index in [9.17, 15) is 4.79 Å². The number of carbonyl (C=O) groups excluding carboxylic acids is 1. The summed E-state index contributed by atoms with van der Waals surface area (Å²) in [4.78, 5) is 13.3. The topological polar surface area (TPSA) is 55.6 Å². The zero-order valence-corrected chi connectivity index (χ0v) is 9.19. The monoisotopic (exact) mass is 220 g/mol. The van der Waals surface area contributed by atoms with E-state index in [-0.39, 0.29) is 12.5 Å². The number of carbonyl (C=O) groups is 1. The fourth-order valence-electron chi connectivity index (χ4n) is 1.72. The van der Waals surface area contributed by atoms with Crippen LogP contribution in [0.1, 0.15) is 11.1 Å². The Hall–Kier alpha value is -1.39. The molecule has 4 heteroatoms. The number of amides is 1. The van der Waals surface area contributed by atoms with E-state index in [4.69, 9.17) is 10.5 Å². The second-order valence-corrected chi connectivity index (χ2v) is 3.89. The van der Waals surface area contributed by atoms with Crippen LogP contribution in [0, 0.1) is 0 Å². The van der Waals surface area contributed by atoms with Crippen molar-refractivity contribution in [2.45, 2.75) is 13.1 Å². The molecule has 1 fully saturated rings. The maximum Gasteiger partial charge on any atom is 0.248 e. The Morgan fingerprint density at radius 2 is 1.94 bits per heavy atom. The number of rotatable bonds is 3. The molecule has 1 aliphatic rings. The Kier molecular flexibility index (Phi) is 3.54. The summed E-state index contributed by atoms with van der Waals surface area (Å²) in [6, 6.07) is 8.04. The van der Waals surface area contributed by atoms with Gasteiger partial charge in [-0.3, -0.25) is 4.79 Å². The van der Waals surface area contributed by atoms with Gasteiger partial charge in [0.05, 0.1) is 6.61 Å². The Labute approximate surface area is 95.0 Å². The van der Waals surface area contributed by atoms with Crippen LogP contribution in [0.25, 0.3) is 0 Å². The van der Waals surface area contributed by atoms with Crippen molar-refractivity contribution < 1.29 is 9.53 Å². The number of hydrogen-bond donors (Lipinski definition) is 1. The molecule has 0 aromatic heterocycles. The Balaban J connectivity index is 1.99. The van der Waals surface area contributed by atoms with E-state index in [1.54, 1.807) is 0 Å². The van der Waals surface area contributed by atoms with Crippen molar-refractivity contribution in [1.82, 2.24) is 4.90 Å². The third-order valence-electron chi connectivity index (χ3n) is 2.72. The minimum absolute atomic E-state index is 0.0640. The third kappa shape index (κ3) is 2.59. The minimum atomic E-state index is 0.0640. The highest BCUT2D eigenvalue weighted by atomic mass is 16.5. The van der Waals surface area contributed by atoms with Crippen molar-refractivity contribution >= 4 is 5.91 Å². The summed E-state index contributed by atoms with van der Waals surface area (Å²) in [5, 5.41) is 0. The predicted molar refractivity (Wildman–Crippen MR) is 60.6 cm³/mol. The lowest BCUT2D eigenvalue weighted by atomic mass is 10.1. The molecule has 16 heavy (non-hydrogen) atoms. The normalized spacial score (nSPS) is 16.6. The molecule has 0 unspecified atom stereocenters. The van der Waals surface area contributed by atoms with Crippen LogP contribution < -0.4 is 5.73 Å². The molecule has 0 saturated carbocycles. The number of nitrogens with two attached hydrogens (primary N) is 1. The first-order valence-corrected chi connectivity index (χ1v) is 5.43. The molecule has 1 aliphatic heterocycles. The molecule has 0 atom stereocenters. The summed E-state index contributed by atoms with van der Waals surface area (Å²) >= 11 is 0. The molecule has 1 heterocycles. The third-order valence-corrected chi connectivity index (χ3v) is 2.72. The van der Waals surface area contributed by atoms with E-state index in [0.717, 1.165) is 11.1 Å². The van der Waals surface area contributed by atoms with E-state index in [1.165, 1.54) is 0 Å². The molecule has 0 aliphatic carbocycles. The molecule has 1 aromatic rings. The molecule has 0 radical (unpaired) electrons. The molecule has 0 spiro atoms. The van der Waals surface area contributed by atoms with Crippen LogP contribution in [0.15, 0.2) is 24.3 Å². The Morgan fingerprint density at radius 1 is 1.25 bits per heavy atom. The largest absolute Gasteiger partial charge is 0.370 e. The molecule has 4 nitrogen and oxygen atoms in total. The summed E-state index contributed by atoms with van der Waals surface area (Å²) in [5.74, 6) is 0.0640. The first-order valence-electron chi connectivity index (χ1n) is 5.43. The number of ether oxygens (including phenoxy) is 1. The lowest BCUT2D eigenvalue weighted by Crippen LogP contribution is -2.40. The summed E-state index contributed by atoms with van der Waals surface area (Å²) in [6.45, 7) is 2.73. The first-order chi connectivity index (χ1) is 7.79. The second-order valence-electron chi connectivity index (χ2n) is 3.89. The van der Waals surface area contributed by atoms with Crippen LogP contribution in [-0.4, -0.2) is 30.6 Å². The molecule has 0 bridgehead atoms. The van der Waals surface area contributed by atoms with E-state index in [2.05, 4.69) is 0 Å². The highest BCUT2D eigenvalue weighted by Crippen LogP contribution is 2.09. The van der Waals surface area contributed by atoms with E-state index in [0.29, 0.717) is 26.2 Å². The van der Waals surface area contributed by atoms with Crippen LogP contribution in [0.3, 0.4) is 0 Å². The van der Waals surface area contributed by atoms with Gasteiger partial charge in [0.25, 0.3) is 0 Å². The molecule has 86 valence electrons. The minimum Gasteiger partial charge on any atom is -0.370 e. The highest BCUT2D eigenvalue weighted by Gasteiger charge is 2.18. The van der Waals surface area contributed by atoms with Crippen LogP contribution >= 0.6 is 0 Å². The van der Waals surface area contributed by atoms with E-state index >= 15 is 0 Å². The maximum atomic E-state index is 11.5. The average molecular weight is 220 g/mol. The number of hydrogen-bond acceptors (Lipinski definition) is 3. The van der Waals surface area contributed by atoms with Crippen LogP contribution in [0.5, 0.6) is 0 Å². The highest BCUT2D eigenvalue weighted by molar-refractivity contribution is 5.77. The Morgan fingerprint density at radius 3 is 2.56 bits per heavy atom. The van der Waals surface area contributed by atoms with Gasteiger partial charge in [0.2, 0.25) is 5.91 Å². The number of benzene rings is 1. The number of morpholine rings is 1. The van der Waals surface area contributed by atoms with Gasteiger partial charge in [-0.05, 0) is 11.1 Å². The van der Waals surface area contributed by atoms with Crippen LogP contribution in [0.4, 0.5) is 0 Å². The summed E-state index contributed by atoms with van der Waals surface area (Å²) in [6.07, 6.45) is 0. The van der Waals surface area contributed by atoms with Crippen molar-refractivity contribution in [3.8, 4) is 0 Å². The molecule has 2 rings (SSSR count). The van der Waals surface area contributed by atoms with Crippen molar-refractivity contribution in [3.05, 3.63) is 35.4 Å². The molecular weight excluding hydrogens is 204 g/mol. The summed E-state index contributed by atoms with van der Waals surface area (Å²) < 4.78 is 5.08. The van der Waals surface area contributed by atoms with Gasteiger partial charge in [-0.15, -0.1) is 0 Å². The summed E-state index contributed by atoms with van der Waals surface area (Å²) in [7, 11) is 0. The summed E-state index contributed by atoms with van der Waals surface area (Å²) in [5.41, 5.74) is 7.77. The lowest BCUT2D eigenvalue weighted by molar-refractivity contribution is -0.143. The van der Waals surface area contributed by atoms with Crippen molar-refractivity contribution in [2.24, 2.45) is 5.73 Å². The van der Waals surface area contributed by atoms with Gasteiger partial charge in [-0.1, -0.05) is 24.3 Å². The standard InChI is InChI=1S/C12H16N2O2/c13-7-10-1-3-11(4-2-10)8-14-5-6-16-9-12(14)15/h1-4H,5-9,13H2. The zero-order valence-electron chi connectivity index (χ0n) is 9.19. The van der Waals surface area contributed by atoms with Gasteiger partial charge in [-0.25, -0.2) is 0 Å². The maximum absolute atomic E-state index is 11.5. The fraction of sp³-hybridized carbons (Fsp3) is 0.417. The van der Waals surface area contributed by atoms with E-state index < -0.39 is 0 Å².